The topological polar surface area (TPSA) is 127 Å². The summed E-state index contributed by atoms with van der Waals surface area (Å²) in [4.78, 5) is 17.6. The Labute approximate surface area is 234 Å². The summed E-state index contributed by atoms with van der Waals surface area (Å²) >= 11 is 0. The quantitative estimate of drug-likeness (QED) is 0.184. The minimum absolute atomic E-state index is 0.0359. The number of carbonyl (C=O) groups excluding carboxylic acids is 1. The number of halogens is 1. The maximum absolute atomic E-state index is 13.5. The molecule has 0 spiro atoms. The molecule has 0 saturated heterocycles. The SMILES string of the molecule is CCc1cc2c(C(=O)NC)c(-c3ccc(F)cc3)oc2nc1N(CCCCCS(=O)(=O)c1ccccc1)[SH](=O)=O. The van der Waals surface area contributed by atoms with Crippen LogP contribution in [0.3, 0.4) is 0 Å². The van der Waals surface area contributed by atoms with Crippen LogP contribution in [0.15, 0.2) is 70.0 Å². The van der Waals surface area contributed by atoms with Gasteiger partial charge in [0.25, 0.3) is 5.91 Å². The van der Waals surface area contributed by atoms with Crippen LogP contribution in [0.4, 0.5) is 10.2 Å². The Hall–Kier alpha value is -3.77. The smallest absolute Gasteiger partial charge is 0.255 e. The van der Waals surface area contributed by atoms with Crippen molar-refractivity contribution in [2.45, 2.75) is 37.5 Å². The van der Waals surface area contributed by atoms with Crippen molar-refractivity contribution in [2.24, 2.45) is 0 Å². The molecule has 4 aromatic rings. The maximum atomic E-state index is 13.5. The average molecular weight is 588 g/mol. The summed E-state index contributed by atoms with van der Waals surface area (Å²) in [6, 6.07) is 15.4. The van der Waals surface area contributed by atoms with Crippen LogP contribution in [0.5, 0.6) is 0 Å². The van der Waals surface area contributed by atoms with Crippen molar-refractivity contribution >= 4 is 43.6 Å². The minimum atomic E-state index is -3.41. The second-order valence-electron chi connectivity index (χ2n) is 9.12. The first-order valence-corrected chi connectivity index (χ1v) is 15.6. The Morgan fingerprint density at radius 1 is 1.05 bits per heavy atom. The number of unbranched alkanes of at least 4 members (excludes halogenated alkanes) is 2. The molecule has 4 rings (SSSR count). The molecule has 0 atom stereocenters. The molecule has 0 saturated carbocycles. The zero-order valence-electron chi connectivity index (χ0n) is 22.1. The Morgan fingerprint density at radius 3 is 2.38 bits per heavy atom. The first kappa shape index (κ1) is 29.2. The van der Waals surface area contributed by atoms with Gasteiger partial charge in [-0.25, -0.2) is 21.2 Å². The van der Waals surface area contributed by atoms with Gasteiger partial charge in [-0.2, -0.15) is 4.98 Å². The second-order valence-corrected chi connectivity index (χ2v) is 12.2. The van der Waals surface area contributed by atoms with E-state index in [1.165, 1.54) is 31.3 Å². The number of pyridine rings is 1. The number of aryl methyl sites for hydroxylation is 1. The Morgan fingerprint density at radius 2 is 1.75 bits per heavy atom. The summed E-state index contributed by atoms with van der Waals surface area (Å²) in [5.74, 6) is -0.523. The molecule has 0 unspecified atom stereocenters. The lowest BCUT2D eigenvalue weighted by molar-refractivity contribution is 0.0964. The van der Waals surface area contributed by atoms with Gasteiger partial charge < -0.3 is 9.73 Å². The molecule has 0 aliphatic heterocycles. The number of furan rings is 1. The third kappa shape index (κ3) is 6.34. The molecule has 2 aromatic carbocycles. The van der Waals surface area contributed by atoms with Gasteiger partial charge in [-0.05, 0) is 67.3 Å². The number of thiol groups is 1. The van der Waals surface area contributed by atoms with Crippen LogP contribution in [-0.2, 0) is 27.1 Å². The van der Waals surface area contributed by atoms with Crippen molar-refractivity contribution in [3.8, 4) is 11.3 Å². The molecule has 0 radical (unpaired) electrons. The monoisotopic (exact) mass is 587 g/mol. The first-order valence-electron chi connectivity index (χ1n) is 12.8. The largest absolute Gasteiger partial charge is 0.437 e. The number of amides is 1. The lowest BCUT2D eigenvalue weighted by Crippen LogP contribution is -2.25. The predicted octanol–water partition coefficient (Wildman–Crippen LogP) is 4.53. The Kier molecular flexibility index (Phi) is 9.21. The molecule has 0 bridgehead atoms. The maximum Gasteiger partial charge on any atom is 0.255 e. The van der Waals surface area contributed by atoms with Gasteiger partial charge in [-0.3, -0.25) is 9.10 Å². The molecular weight excluding hydrogens is 557 g/mol. The number of hydrogen-bond donors (Lipinski definition) is 2. The number of fused-ring (bicyclic) bond motifs is 1. The van der Waals surface area contributed by atoms with Crippen LogP contribution in [-0.4, -0.2) is 47.1 Å². The van der Waals surface area contributed by atoms with Crippen molar-refractivity contribution < 1.29 is 30.4 Å². The van der Waals surface area contributed by atoms with Gasteiger partial charge in [0.1, 0.15) is 17.4 Å². The van der Waals surface area contributed by atoms with Crippen molar-refractivity contribution in [1.29, 1.82) is 0 Å². The highest BCUT2D eigenvalue weighted by Gasteiger charge is 2.25. The van der Waals surface area contributed by atoms with E-state index in [1.807, 2.05) is 6.92 Å². The van der Waals surface area contributed by atoms with Crippen molar-refractivity contribution in [3.05, 3.63) is 77.6 Å². The van der Waals surface area contributed by atoms with Crippen molar-refractivity contribution in [1.82, 2.24) is 10.3 Å². The van der Waals surface area contributed by atoms with Crippen LogP contribution in [0, 0.1) is 5.82 Å². The van der Waals surface area contributed by atoms with Crippen LogP contribution < -0.4 is 9.62 Å². The number of hydrogen-bond acceptors (Lipinski definition) is 7. The number of carbonyl (C=O) groups is 1. The highest BCUT2D eigenvalue weighted by atomic mass is 32.2. The fraction of sp³-hybridized carbons (Fsp3) is 0.286. The number of sulfone groups is 1. The zero-order chi connectivity index (χ0) is 28.9. The van der Waals surface area contributed by atoms with E-state index in [4.69, 9.17) is 4.42 Å². The van der Waals surface area contributed by atoms with E-state index in [2.05, 4.69) is 10.3 Å². The molecule has 0 aliphatic rings. The lowest BCUT2D eigenvalue weighted by Gasteiger charge is -2.19. The van der Waals surface area contributed by atoms with E-state index in [9.17, 15) is 26.0 Å². The second kappa shape index (κ2) is 12.6. The lowest BCUT2D eigenvalue weighted by atomic mass is 10.0. The van der Waals surface area contributed by atoms with Gasteiger partial charge in [0.05, 0.1) is 21.6 Å². The zero-order valence-corrected chi connectivity index (χ0v) is 23.8. The molecule has 2 heterocycles. The van der Waals surface area contributed by atoms with Gasteiger partial charge in [0, 0.05) is 19.2 Å². The molecule has 1 amide bonds. The number of rotatable bonds is 12. The Bertz CT molecular complexity index is 1680. The van der Waals surface area contributed by atoms with E-state index in [1.54, 1.807) is 36.4 Å². The highest BCUT2D eigenvalue weighted by Crippen LogP contribution is 2.36. The molecule has 0 aliphatic carbocycles. The molecular formula is C28H30FN3O6S2. The van der Waals surface area contributed by atoms with E-state index >= 15 is 0 Å². The summed E-state index contributed by atoms with van der Waals surface area (Å²) in [6.07, 6.45) is 1.71. The Balaban J connectivity index is 1.59. The molecule has 0 fully saturated rings. The third-order valence-corrected chi connectivity index (χ3v) is 9.11. The van der Waals surface area contributed by atoms with Crippen LogP contribution in [0.1, 0.15) is 42.1 Å². The first-order chi connectivity index (χ1) is 19.2. The molecule has 212 valence electrons. The molecule has 9 nitrogen and oxygen atoms in total. The summed E-state index contributed by atoms with van der Waals surface area (Å²) < 4.78 is 70.2. The highest BCUT2D eigenvalue weighted by molar-refractivity contribution is 7.91. The van der Waals surface area contributed by atoms with Crippen molar-refractivity contribution in [3.63, 3.8) is 0 Å². The minimum Gasteiger partial charge on any atom is -0.437 e. The average Bonchev–Trinajstić information content (AvgIpc) is 3.32. The number of anilines is 1. The summed E-state index contributed by atoms with van der Waals surface area (Å²) in [5, 5.41) is 2.99. The van der Waals surface area contributed by atoms with Gasteiger partial charge in [0.2, 0.25) is 16.6 Å². The standard InChI is InChI=1S/C28H30FN3O6S2/c1-3-19-18-23-24(27(33)30-2)25(20-12-14-21(29)15-13-20)38-28(23)31-26(19)32(39(34)35)16-8-5-9-17-40(36,37)22-10-6-4-7-11-22/h4,6-7,10-15,18,39H,3,5,8-9,16-17H2,1-2H3,(H,30,33). The predicted molar refractivity (Wildman–Crippen MR) is 152 cm³/mol. The molecule has 1 N–H and O–H groups in total. The number of aromatic nitrogens is 1. The van der Waals surface area contributed by atoms with Gasteiger partial charge in [0.15, 0.2) is 9.84 Å². The fourth-order valence-electron chi connectivity index (χ4n) is 4.44. The summed E-state index contributed by atoms with van der Waals surface area (Å²) in [7, 11) is -5.00. The van der Waals surface area contributed by atoms with E-state index in [0.29, 0.717) is 42.2 Å². The summed E-state index contributed by atoms with van der Waals surface area (Å²) in [5.41, 5.74) is 1.35. The fourth-order valence-corrected chi connectivity index (χ4v) is 6.46. The molecule has 40 heavy (non-hydrogen) atoms. The van der Waals surface area contributed by atoms with Crippen LogP contribution in [0.2, 0.25) is 0 Å². The van der Waals surface area contributed by atoms with E-state index in [-0.39, 0.29) is 40.0 Å². The van der Waals surface area contributed by atoms with Gasteiger partial charge in [-0.15, -0.1) is 0 Å². The number of benzene rings is 2. The van der Waals surface area contributed by atoms with Crippen LogP contribution >= 0.6 is 0 Å². The molecule has 12 heteroatoms. The van der Waals surface area contributed by atoms with Crippen molar-refractivity contribution in [2.75, 3.05) is 23.7 Å². The van der Waals surface area contributed by atoms with E-state index < -0.39 is 32.5 Å². The number of nitrogens with zero attached hydrogens (tertiary/aromatic N) is 2. The molecule has 2 aromatic heterocycles. The van der Waals surface area contributed by atoms with Gasteiger partial charge >= 0.3 is 0 Å². The third-order valence-electron chi connectivity index (χ3n) is 6.51. The van der Waals surface area contributed by atoms with E-state index in [0.717, 1.165) is 4.31 Å². The van der Waals surface area contributed by atoms with Gasteiger partial charge in [-0.1, -0.05) is 31.5 Å². The van der Waals surface area contributed by atoms with Crippen LogP contribution in [0.25, 0.3) is 22.4 Å². The number of nitrogens with one attached hydrogen (secondary N) is 1. The summed E-state index contributed by atoms with van der Waals surface area (Å²) in [6.45, 7) is 1.95. The normalized spacial score (nSPS) is 11.7.